The van der Waals surface area contributed by atoms with Gasteiger partial charge in [0.2, 0.25) is 5.88 Å². The third-order valence-corrected chi connectivity index (χ3v) is 2.63. The maximum absolute atomic E-state index is 11.7. The molecule has 0 atom stereocenters. The van der Waals surface area contributed by atoms with E-state index < -0.39 is 0 Å². The first-order valence-electron chi connectivity index (χ1n) is 6.14. The van der Waals surface area contributed by atoms with Gasteiger partial charge in [0.15, 0.2) is 0 Å². The minimum atomic E-state index is -0.294. The van der Waals surface area contributed by atoms with E-state index in [4.69, 9.17) is 4.74 Å². The molecule has 0 unspecified atom stereocenters. The Morgan fingerprint density at radius 2 is 2.05 bits per heavy atom. The highest BCUT2D eigenvalue weighted by Gasteiger charge is 2.02. The van der Waals surface area contributed by atoms with E-state index in [0.717, 1.165) is 11.3 Å². The number of amides is 2. The Kier molecular flexibility index (Phi) is 4.49. The predicted octanol–water partition coefficient (Wildman–Crippen LogP) is 2.12. The van der Waals surface area contributed by atoms with Crippen LogP contribution in [0.25, 0.3) is 0 Å². The van der Waals surface area contributed by atoms with Gasteiger partial charge in [-0.25, -0.2) is 9.78 Å². The maximum atomic E-state index is 11.7. The number of rotatable bonds is 4. The van der Waals surface area contributed by atoms with Gasteiger partial charge in [-0.1, -0.05) is 6.07 Å². The van der Waals surface area contributed by atoms with Gasteiger partial charge in [0.05, 0.1) is 19.0 Å². The van der Waals surface area contributed by atoms with Gasteiger partial charge in [-0.15, -0.1) is 0 Å². The van der Waals surface area contributed by atoms with E-state index in [1.807, 2.05) is 19.1 Å². The summed E-state index contributed by atoms with van der Waals surface area (Å²) in [5, 5.41) is 5.43. The van der Waals surface area contributed by atoms with E-state index >= 15 is 0 Å². The third-order valence-electron chi connectivity index (χ3n) is 2.63. The molecule has 2 heterocycles. The topological polar surface area (TPSA) is 76.1 Å². The minimum absolute atomic E-state index is 0.294. The van der Waals surface area contributed by atoms with Crippen molar-refractivity contribution in [1.82, 2.24) is 15.3 Å². The smallest absolute Gasteiger partial charge is 0.319 e. The largest absolute Gasteiger partial charge is 0.481 e. The molecule has 0 aromatic carbocycles. The molecule has 0 aliphatic carbocycles. The van der Waals surface area contributed by atoms with Crippen LogP contribution in [0.4, 0.5) is 10.5 Å². The summed E-state index contributed by atoms with van der Waals surface area (Å²) in [6, 6.07) is 6.94. The Morgan fingerprint density at radius 3 is 2.65 bits per heavy atom. The average molecular weight is 272 g/mol. The second-order valence-electron chi connectivity index (χ2n) is 4.20. The summed E-state index contributed by atoms with van der Waals surface area (Å²) in [6.45, 7) is 2.34. The number of aromatic nitrogens is 2. The van der Waals surface area contributed by atoms with E-state index in [9.17, 15) is 4.79 Å². The van der Waals surface area contributed by atoms with Gasteiger partial charge in [-0.2, -0.15) is 0 Å². The number of hydrogen-bond donors (Lipinski definition) is 2. The average Bonchev–Trinajstić information content (AvgIpc) is 2.47. The van der Waals surface area contributed by atoms with Crippen LogP contribution in [-0.2, 0) is 6.54 Å². The summed E-state index contributed by atoms with van der Waals surface area (Å²) in [6.07, 6.45) is 3.27. The molecule has 2 N–H and O–H groups in total. The second-order valence-corrected chi connectivity index (χ2v) is 4.20. The number of nitrogens with one attached hydrogen (secondary N) is 2. The van der Waals surface area contributed by atoms with Crippen molar-refractivity contribution in [2.75, 3.05) is 12.4 Å². The van der Waals surface area contributed by atoms with E-state index in [-0.39, 0.29) is 6.03 Å². The molecule has 2 amide bonds. The molecule has 0 aliphatic heterocycles. The highest BCUT2D eigenvalue weighted by Crippen LogP contribution is 2.10. The number of hydrogen-bond acceptors (Lipinski definition) is 4. The summed E-state index contributed by atoms with van der Waals surface area (Å²) < 4.78 is 4.94. The lowest BCUT2D eigenvalue weighted by Crippen LogP contribution is -2.28. The van der Waals surface area contributed by atoms with Gasteiger partial charge >= 0.3 is 6.03 Å². The number of pyridine rings is 2. The third kappa shape index (κ3) is 3.94. The highest BCUT2D eigenvalue weighted by molar-refractivity contribution is 5.88. The van der Waals surface area contributed by atoms with E-state index in [2.05, 4.69) is 20.6 Å². The molecule has 0 fully saturated rings. The van der Waals surface area contributed by atoms with Gasteiger partial charge < -0.3 is 15.4 Å². The van der Waals surface area contributed by atoms with E-state index in [1.54, 1.807) is 18.3 Å². The van der Waals surface area contributed by atoms with Crippen molar-refractivity contribution in [3.8, 4) is 5.88 Å². The number of methoxy groups -OCH3 is 1. The Bertz CT molecular complexity index is 567. The molecule has 6 nitrogen and oxygen atoms in total. The Balaban J connectivity index is 1.84. The van der Waals surface area contributed by atoms with Crippen LogP contribution < -0.4 is 15.4 Å². The van der Waals surface area contributed by atoms with E-state index in [0.29, 0.717) is 18.1 Å². The van der Waals surface area contributed by atoms with Gasteiger partial charge in [0.25, 0.3) is 0 Å². The van der Waals surface area contributed by atoms with Crippen molar-refractivity contribution in [3.63, 3.8) is 0 Å². The van der Waals surface area contributed by atoms with Crippen molar-refractivity contribution in [2.24, 2.45) is 0 Å². The minimum Gasteiger partial charge on any atom is -0.481 e. The van der Waals surface area contributed by atoms with Crippen LogP contribution in [0.5, 0.6) is 5.88 Å². The number of aryl methyl sites for hydroxylation is 1. The van der Waals surface area contributed by atoms with Crippen LogP contribution in [0.1, 0.15) is 11.3 Å². The molecular formula is C14H16N4O2. The number of ether oxygens (including phenoxy) is 1. The summed E-state index contributed by atoms with van der Waals surface area (Å²) in [5.41, 5.74) is 2.49. The molecule has 2 rings (SSSR count). The first-order chi connectivity index (χ1) is 9.67. The van der Waals surface area contributed by atoms with E-state index in [1.165, 1.54) is 13.3 Å². The van der Waals surface area contributed by atoms with Crippen molar-refractivity contribution in [2.45, 2.75) is 13.5 Å². The second kappa shape index (κ2) is 6.51. The molecule has 0 spiro atoms. The van der Waals surface area contributed by atoms with Crippen LogP contribution >= 0.6 is 0 Å². The fraction of sp³-hybridized carbons (Fsp3) is 0.214. The van der Waals surface area contributed by atoms with Crippen LogP contribution in [0, 0.1) is 6.92 Å². The van der Waals surface area contributed by atoms with Crippen molar-refractivity contribution < 1.29 is 9.53 Å². The predicted molar refractivity (Wildman–Crippen MR) is 75.6 cm³/mol. The molecule has 2 aromatic heterocycles. The summed E-state index contributed by atoms with van der Waals surface area (Å²) >= 11 is 0. The molecular weight excluding hydrogens is 256 g/mol. The Hall–Kier alpha value is -2.63. The van der Waals surface area contributed by atoms with Crippen LogP contribution in [0.3, 0.4) is 0 Å². The summed E-state index contributed by atoms with van der Waals surface area (Å²) in [4.78, 5) is 19.9. The number of nitrogens with zero attached hydrogens (tertiary/aromatic N) is 2. The molecule has 6 heteroatoms. The maximum Gasteiger partial charge on any atom is 0.319 e. The lowest BCUT2D eigenvalue weighted by molar-refractivity contribution is 0.251. The van der Waals surface area contributed by atoms with Gasteiger partial charge in [0, 0.05) is 24.5 Å². The molecule has 0 aliphatic rings. The fourth-order valence-electron chi connectivity index (χ4n) is 1.54. The summed E-state index contributed by atoms with van der Waals surface area (Å²) in [5.74, 6) is 0.502. The van der Waals surface area contributed by atoms with Gasteiger partial charge in [0.1, 0.15) is 0 Å². The molecule has 20 heavy (non-hydrogen) atoms. The monoisotopic (exact) mass is 272 g/mol. The highest BCUT2D eigenvalue weighted by atomic mass is 16.5. The van der Waals surface area contributed by atoms with Gasteiger partial charge in [-0.3, -0.25) is 4.98 Å². The van der Waals surface area contributed by atoms with Crippen LogP contribution in [0.15, 0.2) is 36.7 Å². The number of anilines is 1. The van der Waals surface area contributed by atoms with Crippen molar-refractivity contribution in [3.05, 3.63) is 47.9 Å². The zero-order valence-electron chi connectivity index (χ0n) is 11.4. The molecule has 0 saturated heterocycles. The first kappa shape index (κ1) is 13.8. The lowest BCUT2D eigenvalue weighted by atomic mass is 10.2. The zero-order chi connectivity index (χ0) is 14.4. The lowest BCUT2D eigenvalue weighted by Gasteiger charge is -2.08. The fourth-order valence-corrected chi connectivity index (χ4v) is 1.54. The molecule has 104 valence electrons. The zero-order valence-corrected chi connectivity index (χ0v) is 11.4. The number of carbonyl (C=O) groups is 1. The Morgan fingerprint density at radius 1 is 1.20 bits per heavy atom. The number of carbonyl (C=O) groups excluding carboxylic acids is 1. The quantitative estimate of drug-likeness (QED) is 0.893. The standard InChI is InChI=1S/C14H16N4O2/c1-10-3-4-11(7-15-10)8-17-14(19)18-12-5-6-13(20-2)16-9-12/h3-7,9H,8H2,1-2H3,(H2,17,18,19). The molecule has 0 radical (unpaired) electrons. The van der Waals surface area contributed by atoms with Crippen LogP contribution in [-0.4, -0.2) is 23.1 Å². The Labute approximate surface area is 117 Å². The van der Waals surface area contributed by atoms with Gasteiger partial charge in [-0.05, 0) is 24.6 Å². The summed E-state index contributed by atoms with van der Waals surface area (Å²) in [7, 11) is 1.54. The first-order valence-corrected chi connectivity index (χ1v) is 6.14. The van der Waals surface area contributed by atoms with Crippen LogP contribution in [0.2, 0.25) is 0 Å². The van der Waals surface area contributed by atoms with Crippen molar-refractivity contribution in [1.29, 1.82) is 0 Å². The SMILES string of the molecule is COc1ccc(NC(=O)NCc2ccc(C)nc2)cn1. The molecule has 0 bridgehead atoms. The molecule has 2 aromatic rings. The van der Waals surface area contributed by atoms with Crippen molar-refractivity contribution >= 4 is 11.7 Å². The molecule has 0 saturated carbocycles. The number of urea groups is 1. The normalized spacial score (nSPS) is 9.90.